The molecule has 2 heterocycles. The minimum atomic E-state index is -0.174. The van der Waals surface area contributed by atoms with Gasteiger partial charge in [-0.25, -0.2) is 9.97 Å². The number of benzene rings is 1. The van der Waals surface area contributed by atoms with E-state index < -0.39 is 0 Å². The summed E-state index contributed by atoms with van der Waals surface area (Å²) in [5, 5.41) is 2.94. The zero-order valence-corrected chi connectivity index (χ0v) is 15.0. The van der Waals surface area contributed by atoms with E-state index in [1.165, 1.54) is 12.8 Å². The summed E-state index contributed by atoms with van der Waals surface area (Å²) < 4.78 is 5.40. The van der Waals surface area contributed by atoms with Gasteiger partial charge in [0.1, 0.15) is 5.75 Å². The van der Waals surface area contributed by atoms with Crippen LogP contribution in [0.2, 0.25) is 0 Å². The van der Waals surface area contributed by atoms with E-state index in [9.17, 15) is 4.79 Å². The van der Waals surface area contributed by atoms with Gasteiger partial charge in [0.15, 0.2) is 0 Å². The van der Waals surface area contributed by atoms with Gasteiger partial charge in [-0.3, -0.25) is 4.79 Å². The lowest BCUT2D eigenvalue weighted by Gasteiger charge is -2.18. The predicted molar refractivity (Wildman–Crippen MR) is 98.5 cm³/mol. The molecular formula is C19H24N4O2. The molecule has 6 nitrogen and oxygen atoms in total. The number of anilines is 2. The first-order chi connectivity index (χ1) is 12.1. The van der Waals surface area contributed by atoms with Gasteiger partial charge >= 0.3 is 0 Å². The maximum atomic E-state index is 12.5. The van der Waals surface area contributed by atoms with Gasteiger partial charge in [-0.15, -0.1) is 0 Å². The first-order valence-electron chi connectivity index (χ1n) is 8.73. The van der Waals surface area contributed by atoms with Gasteiger partial charge in [0.05, 0.1) is 23.7 Å². The average Bonchev–Trinajstić information content (AvgIpc) is 3.13. The Morgan fingerprint density at radius 1 is 1.12 bits per heavy atom. The molecule has 1 saturated heterocycles. The fourth-order valence-electron chi connectivity index (χ4n) is 2.99. The fourth-order valence-corrected chi connectivity index (χ4v) is 2.99. The largest absolute Gasteiger partial charge is 0.494 e. The highest BCUT2D eigenvalue weighted by atomic mass is 16.5. The molecule has 132 valence electrons. The van der Waals surface area contributed by atoms with Gasteiger partial charge in [-0.05, 0) is 57.9 Å². The second-order valence-corrected chi connectivity index (χ2v) is 6.18. The van der Waals surface area contributed by atoms with Crippen LogP contribution in [-0.4, -0.2) is 35.6 Å². The summed E-state index contributed by atoms with van der Waals surface area (Å²) in [7, 11) is 0. The minimum absolute atomic E-state index is 0.174. The van der Waals surface area contributed by atoms with Gasteiger partial charge in [0.25, 0.3) is 5.91 Å². The SMILES string of the molecule is CCOc1ccc(C(=O)Nc2c(C)nc(N3CCCC3)nc2C)cc1. The lowest BCUT2D eigenvalue weighted by Crippen LogP contribution is -2.22. The molecule has 0 unspecified atom stereocenters. The van der Waals surface area contributed by atoms with Crippen LogP contribution in [0.25, 0.3) is 0 Å². The number of nitrogens with zero attached hydrogens (tertiary/aromatic N) is 3. The van der Waals surface area contributed by atoms with Crippen LogP contribution >= 0.6 is 0 Å². The first-order valence-corrected chi connectivity index (χ1v) is 8.73. The van der Waals surface area contributed by atoms with Gasteiger partial charge in [-0.1, -0.05) is 0 Å². The lowest BCUT2D eigenvalue weighted by atomic mass is 10.2. The van der Waals surface area contributed by atoms with Crippen LogP contribution < -0.4 is 15.0 Å². The van der Waals surface area contributed by atoms with Crippen molar-refractivity contribution in [3.63, 3.8) is 0 Å². The number of nitrogens with one attached hydrogen (secondary N) is 1. The number of aryl methyl sites for hydroxylation is 2. The van der Waals surface area contributed by atoms with Crippen molar-refractivity contribution in [3.8, 4) is 5.75 Å². The normalized spacial score (nSPS) is 13.8. The van der Waals surface area contributed by atoms with Crippen molar-refractivity contribution in [2.24, 2.45) is 0 Å². The van der Waals surface area contributed by atoms with Crippen LogP contribution in [-0.2, 0) is 0 Å². The third kappa shape index (κ3) is 3.90. The lowest BCUT2D eigenvalue weighted by molar-refractivity contribution is 0.102. The molecule has 0 spiro atoms. The molecule has 6 heteroatoms. The molecule has 0 radical (unpaired) electrons. The van der Waals surface area contributed by atoms with Crippen molar-refractivity contribution in [3.05, 3.63) is 41.2 Å². The molecule has 0 aliphatic carbocycles. The zero-order valence-electron chi connectivity index (χ0n) is 15.0. The van der Waals surface area contributed by atoms with Crippen LogP contribution in [0.5, 0.6) is 5.75 Å². The van der Waals surface area contributed by atoms with E-state index in [-0.39, 0.29) is 5.91 Å². The van der Waals surface area contributed by atoms with Crippen molar-refractivity contribution in [1.82, 2.24) is 9.97 Å². The molecule has 1 N–H and O–H groups in total. The predicted octanol–water partition coefficient (Wildman–Crippen LogP) is 3.34. The monoisotopic (exact) mass is 340 g/mol. The van der Waals surface area contributed by atoms with Crippen molar-refractivity contribution in [2.75, 3.05) is 29.9 Å². The highest BCUT2D eigenvalue weighted by Gasteiger charge is 2.18. The van der Waals surface area contributed by atoms with Crippen LogP contribution in [0, 0.1) is 13.8 Å². The molecule has 1 aliphatic heterocycles. The summed E-state index contributed by atoms with van der Waals surface area (Å²) in [4.78, 5) is 23.9. The molecule has 0 bridgehead atoms. The number of ether oxygens (including phenoxy) is 1. The van der Waals surface area contributed by atoms with Crippen LogP contribution in [0.3, 0.4) is 0 Å². The number of rotatable bonds is 5. The molecule has 0 atom stereocenters. The smallest absolute Gasteiger partial charge is 0.255 e. The minimum Gasteiger partial charge on any atom is -0.494 e. The molecule has 25 heavy (non-hydrogen) atoms. The number of amides is 1. The van der Waals surface area contributed by atoms with E-state index in [0.29, 0.717) is 17.9 Å². The highest BCUT2D eigenvalue weighted by molar-refractivity contribution is 6.04. The molecule has 3 rings (SSSR count). The number of hydrogen-bond donors (Lipinski definition) is 1. The Hall–Kier alpha value is -2.63. The summed E-state index contributed by atoms with van der Waals surface area (Å²) in [5.74, 6) is 1.34. The molecule has 0 saturated carbocycles. The van der Waals surface area contributed by atoms with Gasteiger partial charge in [-0.2, -0.15) is 0 Å². The standard InChI is InChI=1S/C19H24N4O2/c1-4-25-16-9-7-15(8-10-16)18(24)22-17-13(2)20-19(21-14(17)3)23-11-5-6-12-23/h7-10H,4-6,11-12H2,1-3H3,(H,22,24). The van der Waals surface area contributed by atoms with Crippen LogP contribution in [0.4, 0.5) is 11.6 Å². The summed E-state index contributed by atoms with van der Waals surface area (Å²) in [6.45, 7) is 8.33. The van der Waals surface area contributed by atoms with E-state index in [0.717, 1.165) is 36.2 Å². The Kier molecular flexibility index (Phi) is 5.16. The number of carbonyl (C=O) groups is 1. The van der Waals surface area contributed by atoms with E-state index in [1.807, 2.05) is 20.8 Å². The Bertz CT molecular complexity index is 730. The maximum absolute atomic E-state index is 12.5. The Morgan fingerprint density at radius 2 is 1.72 bits per heavy atom. The van der Waals surface area contributed by atoms with E-state index >= 15 is 0 Å². The summed E-state index contributed by atoms with van der Waals surface area (Å²) in [5.41, 5.74) is 2.83. The number of aromatic nitrogens is 2. The first kappa shape index (κ1) is 17.2. The highest BCUT2D eigenvalue weighted by Crippen LogP contribution is 2.23. The van der Waals surface area contributed by atoms with Crippen molar-refractivity contribution in [1.29, 1.82) is 0 Å². The molecule has 1 amide bonds. The molecule has 1 aliphatic rings. The zero-order chi connectivity index (χ0) is 17.8. The number of hydrogen-bond acceptors (Lipinski definition) is 5. The second-order valence-electron chi connectivity index (χ2n) is 6.18. The van der Waals surface area contributed by atoms with Crippen LogP contribution in [0.1, 0.15) is 41.5 Å². The van der Waals surface area contributed by atoms with Crippen LogP contribution in [0.15, 0.2) is 24.3 Å². The molecule has 1 fully saturated rings. The molecule has 2 aromatic rings. The fraction of sp³-hybridized carbons (Fsp3) is 0.421. The molecular weight excluding hydrogens is 316 g/mol. The van der Waals surface area contributed by atoms with E-state index in [2.05, 4.69) is 20.2 Å². The van der Waals surface area contributed by atoms with Crippen molar-refractivity contribution < 1.29 is 9.53 Å². The topological polar surface area (TPSA) is 67.3 Å². The van der Waals surface area contributed by atoms with Gasteiger partial charge in [0, 0.05) is 18.7 Å². The van der Waals surface area contributed by atoms with E-state index in [4.69, 9.17) is 4.74 Å². The Labute approximate surface area is 148 Å². The number of carbonyl (C=O) groups excluding carboxylic acids is 1. The summed E-state index contributed by atoms with van der Waals surface area (Å²) in [6, 6.07) is 7.10. The van der Waals surface area contributed by atoms with Crippen molar-refractivity contribution in [2.45, 2.75) is 33.6 Å². The maximum Gasteiger partial charge on any atom is 0.255 e. The van der Waals surface area contributed by atoms with Gasteiger partial charge in [0.2, 0.25) is 5.95 Å². The Morgan fingerprint density at radius 3 is 2.28 bits per heavy atom. The summed E-state index contributed by atoms with van der Waals surface area (Å²) >= 11 is 0. The quantitative estimate of drug-likeness (QED) is 0.904. The van der Waals surface area contributed by atoms with Gasteiger partial charge < -0.3 is 15.0 Å². The Balaban J connectivity index is 1.76. The third-order valence-electron chi connectivity index (χ3n) is 4.31. The second kappa shape index (κ2) is 7.51. The van der Waals surface area contributed by atoms with E-state index in [1.54, 1.807) is 24.3 Å². The third-order valence-corrected chi connectivity index (χ3v) is 4.31. The molecule has 1 aromatic carbocycles. The summed E-state index contributed by atoms with van der Waals surface area (Å²) in [6.07, 6.45) is 2.36. The van der Waals surface area contributed by atoms with Crippen molar-refractivity contribution >= 4 is 17.5 Å². The average molecular weight is 340 g/mol. The molecule has 1 aromatic heterocycles.